The number of ether oxygens (including phenoxy) is 1. The second-order valence-corrected chi connectivity index (χ2v) is 4.84. The second-order valence-electron chi connectivity index (χ2n) is 3.96. The molecular weight excluding hydrogens is 297 g/mol. The number of hydrogen-bond acceptors (Lipinski definition) is 3. The Kier molecular flexibility index (Phi) is 4.77. The molecule has 0 aliphatic rings. The highest BCUT2D eigenvalue weighted by atomic mass is 35.5. The highest BCUT2D eigenvalue weighted by Gasteiger charge is 2.08. The summed E-state index contributed by atoms with van der Waals surface area (Å²) in [4.78, 5) is 15.9. The van der Waals surface area contributed by atoms with Crippen LogP contribution in [0.4, 0.5) is 5.69 Å². The van der Waals surface area contributed by atoms with Crippen LogP contribution >= 0.6 is 23.2 Å². The number of carbonyl (C=O) groups is 1. The third-order valence-electron chi connectivity index (χ3n) is 2.57. The topological polar surface area (TPSA) is 38.7 Å². The summed E-state index contributed by atoms with van der Waals surface area (Å²) in [6.45, 7) is 0. The quantitative estimate of drug-likeness (QED) is 0.617. The molecule has 0 atom stereocenters. The molecule has 2 rings (SSSR count). The van der Waals surface area contributed by atoms with Gasteiger partial charge in [-0.2, -0.15) is 0 Å². The fourth-order valence-corrected chi connectivity index (χ4v) is 2.18. The third-order valence-corrected chi connectivity index (χ3v) is 3.00. The molecule has 0 aliphatic heterocycles. The number of carbonyl (C=O) groups excluding carboxylic acids is 1. The van der Waals surface area contributed by atoms with Crippen LogP contribution in [0.2, 0.25) is 10.0 Å². The van der Waals surface area contributed by atoms with Crippen molar-refractivity contribution in [2.24, 2.45) is 4.99 Å². The minimum atomic E-state index is -0.406. The zero-order valence-corrected chi connectivity index (χ0v) is 12.2. The zero-order chi connectivity index (χ0) is 14.5. The summed E-state index contributed by atoms with van der Waals surface area (Å²) >= 11 is 11.8. The Morgan fingerprint density at radius 3 is 2.45 bits per heavy atom. The minimum absolute atomic E-state index is 0.406. The van der Waals surface area contributed by atoms with Crippen molar-refractivity contribution in [1.29, 1.82) is 0 Å². The first-order chi connectivity index (χ1) is 9.60. The lowest BCUT2D eigenvalue weighted by Crippen LogP contribution is -2.04. The largest absolute Gasteiger partial charge is 0.465 e. The average molecular weight is 308 g/mol. The molecule has 0 aromatic heterocycles. The van der Waals surface area contributed by atoms with E-state index in [1.807, 2.05) is 6.07 Å². The molecule has 5 heteroatoms. The monoisotopic (exact) mass is 307 g/mol. The van der Waals surface area contributed by atoms with E-state index >= 15 is 0 Å². The fourth-order valence-electron chi connectivity index (χ4n) is 1.66. The first-order valence-electron chi connectivity index (χ1n) is 5.77. The van der Waals surface area contributed by atoms with E-state index in [0.29, 0.717) is 26.9 Å². The molecule has 0 unspecified atom stereocenters. The Labute approximate surface area is 126 Å². The van der Waals surface area contributed by atoms with Gasteiger partial charge in [-0.1, -0.05) is 41.4 Å². The fraction of sp³-hybridized carbons (Fsp3) is 0.0667. The summed E-state index contributed by atoms with van der Waals surface area (Å²) in [6.07, 6.45) is 1.58. The van der Waals surface area contributed by atoms with Gasteiger partial charge in [0.05, 0.1) is 18.4 Å². The molecular formula is C15H11Cl2NO2. The lowest BCUT2D eigenvalue weighted by Gasteiger charge is -2.03. The van der Waals surface area contributed by atoms with Gasteiger partial charge in [-0.05, 0) is 24.3 Å². The number of aliphatic imine (C=N–C) groups is 1. The van der Waals surface area contributed by atoms with Gasteiger partial charge in [0.25, 0.3) is 0 Å². The van der Waals surface area contributed by atoms with Crippen LogP contribution in [0.3, 0.4) is 0 Å². The molecule has 0 N–H and O–H groups in total. The molecule has 2 aromatic rings. The molecule has 0 heterocycles. The highest BCUT2D eigenvalue weighted by Crippen LogP contribution is 2.24. The van der Waals surface area contributed by atoms with Crippen molar-refractivity contribution in [2.75, 3.05) is 7.11 Å². The van der Waals surface area contributed by atoms with Crippen LogP contribution in [0.5, 0.6) is 0 Å². The van der Waals surface area contributed by atoms with Gasteiger partial charge in [-0.15, -0.1) is 0 Å². The van der Waals surface area contributed by atoms with Gasteiger partial charge >= 0.3 is 5.97 Å². The number of esters is 1. The van der Waals surface area contributed by atoms with Crippen molar-refractivity contribution < 1.29 is 9.53 Å². The van der Waals surface area contributed by atoms with Gasteiger partial charge in [-0.25, -0.2) is 4.79 Å². The molecule has 20 heavy (non-hydrogen) atoms. The maximum Gasteiger partial charge on any atom is 0.338 e. The van der Waals surface area contributed by atoms with Gasteiger partial charge in [0.15, 0.2) is 0 Å². The smallest absolute Gasteiger partial charge is 0.338 e. The molecule has 0 fully saturated rings. The predicted molar refractivity (Wildman–Crippen MR) is 81.5 cm³/mol. The average Bonchev–Trinajstić information content (AvgIpc) is 2.43. The highest BCUT2D eigenvalue weighted by molar-refractivity contribution is 6.35. The maximum atomic E-state index is 11.6. The van der Waals surface area contributed by atoms with E-state index in [0.717, 1.165) is 0 Å². The Morgan fingerprint density at radius 1 is 1.15 bits per heavy atom. The predicted octanol–water partition coefficient (Wildman–Crippen LogP) is 4.53. The van der Waals surface area contributed by atoms with E-state index in [2.05, 4.69) is 4.99 Å². The van der Waals surface area contributed by atoms with E-state index in [-0.39, 0.29) is 0 Å². The Balaban J connectivity index is 2.34. The van der Waals surface area contributed by atoms with Crippen molar-refractivity contribution in [3.8, 4) is 0 Å². The molecule has 0 radical (unpaired) electrons. The van der Waals surface area contributed by atoms with Crippen LogP contribution in [0.15, 0.2) is 47.5 Å². The molecule has 0 saturated heterocycles. The number of methoxy groups -OCH3 is 1. The van der Waals surface area contributed by atoms with Crippen LogP contribution in [0.25, 0.3) is 0 Å². The van der Waals surface area contributed by atoms with E-state index < -0.39 is 5.97 Å². The van der Waals surface area contributed by atoms with Crippen LogP contribution in [-0.2, 0) is 4.74 Å². The number of hydrogen-bond donors (Lipinski definition) is 0. The van der Waals surface area contributed by atoms with Crippen molar-refractivity contribution in [3.05, 3.63) is 63.6 Å². The summed E-state index contributed by atoms with van der Waals surface area (Å²) in [5.74, 6) is -0.406. The standard InChI is InChI=1S/C15H11Cl2NO2/c1-20-15(19)14-5-3-2-4-10(14)9-18-13-7-11(16)6-12(17)8-13/h2-9H,1H3. The molecule has 0 saturated carbocycles. The molecule has 3 nitrogen and oxygen atoms in total. The van der Waals surface area contributed by atoms with Crippen LogP contribution in [0.1, 0.15) is 15.9 Å². The minimum Gasteiger partial charge on any atom is -0.465 e. The lowest BCUT2D eigenvalue weighted by atomic mass is 10.1. The number of halogens is 2. The van der Waals surface area contributed by atoms with Gasteiger partial charge in [0.2, 0.25) is 0 Å². The van der Waals surface area contributed by atoms with E-state index in [1.165, 1.54) is 7.11 Å². The Morgan fingerprint density at radius 2 is 1.80 bits per heavy atom. The summed E-state index contributed by atoms with van der Waals surface area (Å²) in [5.41, 5.74) is 1.73. The molecule has 2 aromatic carbocycles. The first-order valence-corrected chi connectivity index (χ1v) is 6.53. The van der Waals surface area contributed by atoms with Crippen LogP contribution in [0, 0.1) is 0 Å². The molecule has 0 aliphatic carbocycles. The van der Waals surface area contributed by atoms with Gasteiger partial charge in [0.1, 0.15) is 0 Å². The van der Waals surface area contributed by atoms with E-state index in [1.54, 1.807) is 42.6 Å². The molecule has 0 bridgehead atoms. The van der Waals surface area contributed by atoms with Crippen molar-refractivity contribution in [3.63, 3.8) is 0 Å². The van der Waals surface area contributed by atoms with Gasteiger partial charge in [0, 0.05) is 21.8 Å². The molecule has 0 spiro atoms. The molecule has 0 amide bonds. The number of nitrogens with zero attached hydrogens (tertiary/aromatic N) is 1. The second kappa shape index (κ2) is 6.55. The lowest BCUT2D eigenvalue weighted by molar-refractivity contribution is 0.0600. The van der Waals surface area contributed by atoms with E-state index in [9.17, 15) is 4.79 Å². The first kappa shape index (κ1) is 14.6. The zero-order valence-electron chi connectivity index (χ0n) is 10.6. The van der Waals surface area contributed by atoms with Crippen molar-refractivity contribution in [1.82, 2.24) is 0 Å². The Bertz CT molecular complexity index is 648. The van der Waals surface area contributed by atoms with Crippen molar-refractivity contribution >= 4 is 41.1 Å². The maximum absolute atomic E-state index is 11.6. The summed E-state index contributed by atoms with van der Waals surface area (Å²) in [5, 5.41) is 1.01. The number of rotatable bonds is 3. The SMILES string of the molecule is COC(=O)c1ccccc1C=Nc1cc(Cl)cc(Cl)c1. The van der Waals surface area contributed by atoms with Crippen molar-refractivity contribution in [2.45, 2.75) is 0 Å². The Hall–Kier alpha value is -1.84. The molecule has 102 valence electrons. The normalized spacial score (nSPS) is 10.8. The van der Waals surface area contributed by atoms with Crippen LogP contribution in [-0.4, -0.2) is 19.3 Å². The summed E-state index contributed by atoms with van der Waals surface area (Å²) in [7, 11) is 1.34. The summed E-state index contributed by atoms with van der Waals surface area (Å²) in [6, 6.07) is 12.0. The van der Waals surface area contributed by atoms with Gasteiger partial charge < -0.3 is 4.74 Å². The van der Waals surface area contributed by atoms with Crippen LogP contribution < -0.4 is 0 Å². The number of benzene rings is 2. The van der Waals surface area contributed by atoms with E-state index in [4.69, 9.17) is 27.9 Å². The van der Waals surface area contributed by atoms with Gasteiger partial charge in [-0.3, -0.25) is 4.99 Å². The third kappa shape index (κ3) is 3.59. The summed E-state index contributed by atoms with van der Waals surface area (Å²) < 4.78 is 4.72.